The Hall–Kier alpha value is -2.24. The number of carbonyl (C=O) groups excluding carboxylic acids is 3. The number of methoxy groups -OCH3 is 1. The van der Waals surface area contributed by atoms with Gasteiger partial charge in [-0.25, -0.2) is 9.18 Å². The summed E-state index contributed by atoms with van der Waals surface area (Å²) in [5.74, 6) is -1.78. The Bertz CT molecular complexity index is 530. The van der Waals surface area contributed by atoms with Crippen molar-refractivity contribution in [1.82, 2.24) is 5.32 Å². The lowest BCUT2D eigenvalue weighted by Crippen LogP contribution is -2.41. The minimum absolute atomic E-state index is 0.0103. The van der Waals surface area contributed by atoms with Gasteiger partial charge >= 0.3 is 5.97 Å². The molecule has 0 aliphatic heterocycles. The zero-order valence-corrected chi connectivity index (χ0v) is 12.0. The smallest absolute Gasteiger partial charge is 0.328 e. The van der Waals surface area contributed by atoms with Crippen molar-refractivity contribution in [3.05, 3.63) is 35.6 Å². The molecule has 1 atom stereocenters. The predicted molar refractivity (Wildman–Crippen MR) is 74.2 cm³/mol. The van der Waals surface area contributed by atoms with Crippen LogP contribution >= 0.6 is 0 Å². The van der Waals surface area contributed by atoms with Crippen molar-refractivity contribution >= 4 is 17.7 Å². The fourth-order valence-corrected chi connectivity index (χ4v) is 1.74. The molecular weight excluding hydrogens is 277 g/mol. The molecule has 0 radical (unpaired) electrons. The van der Waals surface area contributed by atoms with Crippen LogP contribution in [0.5, 0.6) is 0 Å². The van der Waals surface area contributed by atoms with Gasteiger partial charge in [-0.2, -0.15) is 0 Å². The summed E-state index contributed by atoms with van der Waals surface area (Å²) in [5, 5.41) is 2.46. The molecule has 0 aliphatic rings. The molecular formula is C15H18FNO4. The maximum atomic E-state index is 13.1. The molecule has 6 heteroatoms. The van der Waals surface area contributed by atoms with Crippen molar-refractivity contribution in [2.45, 2.75) is 32.2 Å². The quantitative estimate of drug-likeness (QED) is 0.779. The topological polar surface area (TPSA) is 72.5 Å². The molecule has 0 saturated heterocycles. The molecule has 114 valence electrons. The summed E-state index contributed by atoms with van der Waals surface area (Å²) in [6, 6.07) is 4.19. The van der Waals surface area contributed by atoms with Crippen LogP contribution < -0.4 is 5.32 Å². The number of ether oxygens (including phenoxy) is 1. The average molecular weight is 295 g/mol. The summed E-state index contributed by atoms with van der Waals surface area (Å²) in [6.07, 6.45) is 0.686. The average Bonchev–Trinajstić information content (AvgIpc) is 2.49. The van der Waals surface area contributed by atoms with Crippen LogP contribution in [0.4, 0.5) is 4.39 Å². The van der Waals surface area contributed by atoms with E-state index in [1.54, 1.807) is 6.92 Å². The molecule has 0 fully saturated rings. The van der Waals surface area contributed by atoms with Crippen LogP contribution in [0.25, 0.3) is 0 Å². The van der Waals surface area contributed by atoms with E-state index in [1.165, 1.54) is 25.3 Å². The summed E-state index contributed by atoms with van der Waals surface area (Å²) in [5.41, 5.74) is 0.103. The van der Waals surface area contributed by atoms with E-state index in [4.69, 9.17) is 0 Å². The van der Waals surface area contributed by atoms with Crippen LogP contribution in [0.1, 0.15) is 36.5 Å². The molecule has 1 aromatic carbocycles. The maximum Gasteiger partial charge on any atom is 0.328 e. The number of hydrogen-bond donors (Lipinski definition) is 1. The van der Waals surface area contributed by atoms with Crippen LogP contribution in [0.2, 0.25) is 0 Å². The highest BCUT2D eigenvalue weighted by Crippen LogP contribution is 2.07. The second kappa shape index (κ2) is 8.14. The molecule has 0 heterocycles. The second-order valence-corrected chi connectivity index (χ2v) is 4.49. The summed E-state index contributed by atoms with van der Waals surface area (Å²) in [7, 11) is 1.20. The van der Waals surface area contributed by atoms with E-state index in [-0.39, 0.29) is 24.2 Å². The lowest BCUT2D eigenvalue weighted by molar-refractivity contribution is -0.143. The third-order valence-electron chi connectivity index (χ3n) is 2.98. The first-order valence-corrected chi connectivity index (χ1v) is 6.63. The van der Waals surface area contributed by atoms with Gasteiger partial charge in [-0.1, -0.05) is 13.0 Å². The lowest BCUT2D eigenvalue weighted by Gasteiger charge is -2.16. The first-order chi connectivity index (χ1) is 9.97. The highest BCUT2D eigenvalue weighted by molar-refractivity contribution is 5.96. The summed E-state index contributed by atoms with van der Waals surface area (Å²) >= 11 is 0. The van der Waals surface area contributed by atoms with Crippen molar-refractivity contribution < 1.29 is 23.5 Å². The number of benzene rings is 1. The van der Waals surface area contributed by atoms with Gasteiger partial charge in [-0.15, -0.1) is 0 Å². The summed E-state index contributed by atoms with van der Waals surface area (Å²) < 4.78 is 17.7. The fourth-order valence-electron chi connectivity index (χ4n) is 1.74. The Morgan fingerprint density at radius 1 is 1.33 bits per heavy atom. The van der Waals surface area contributed by atoms with E-state index in [1.807, 2.05) is 0 Å². The number of rotatable bonds is 7. The Balaban J connectivity index is 2.73. The van der Waals surface area contributed by atoms with Crippen LogP contribution in [-0.4, -0.2) is 30.8 Å². The molecule has 0 saturated carbocycles. The summed E-state index contributed by atoms with van der Waals surface area (Å²) in [4.78, 5) is 34.9. The van der Waals surface area contributed by atoms with E-state index < -0.39 is 23.7 Å². The van der Waals surface area contributed by atoms with Gasteiger partial charge in [-0.05, 0) is 24.6 Å². The van der Waals surface area contributed by atoms with Gasteiger partial charge in [0, 0.05) is 18.4 Å². The zero-order chi connectivity index (χ0) is 15.8. The Morgan fingerprint density at radius 3 is 2.62 bits per heavy atom. The van der Waals surface area contributed by atoms with Gasteiger partial charge in [0.25, 0.3) is 5.91 Å². The Kier molecular flexibility index (Phi) is 6.52. The maximum absolute atomic E-state index is 13.1. The first-order valence-electron chi connectivity index (χ1n) is 6.63. The molecule has 5 nitrogen and oxygen atoms in total. The minimum Gasteiger partial charge on any atom is -0.467 e. The number of Topliss-reactive ketones (excluding diaryl/α,β-unsaturated/α-hetero) is 1. The van der Waals surface area contributed by atoms with Crippen LogP contribution in [0, 0.1) is 5.82 Å². The normalized spacial score (nSPS) is 11.6. The zero-order valence-electron chi connectivity index (χ0n) is 12.0. The van der Waals surface area contributed by atoms with Gasteiger partial charge in [0.15, 0.2) is 0 Å². The number of halogens is 1. The third-order valence-corrected chi connectivity index (χ3v) is 2.98. The largest absolute Gasteiger partial charge is 0.467 e. The highest BCUT2D eigenvalue weighted by Gasteiger charge is 2.22. The molecule has 1 N–H and O–H groups in total. The number of ketones is 1. The molecule has 0 spiro atoms. The summed E-state index contributed by atoms with van der Waals surface area (Å²) in [6.45, 7) is 1.72. The Labute approximate surface area is 122 Å². The molecule has 0 unspecified atom stereocenters. The van der Waals surface area contributed by atoms with Crippen molar-refractivity contribution in [3.63, 3.8) is 0 Å². The van der Waals surface area contributed by atoms with E-state index in [0.29, 0.717) is 6.42 Å². The number of carbonyl (C=O) groups is 3. The van der Waals surface area contributed by atoms with Gasteiger partial charge in [0.1, 0.15) is 17.6 Å². The first kappa shape index (κ1) is 16.8. The lowest BCUT2D eigenvalue weighted by atomic mass is 10.1. The monoisotopic (exact) mass is 295 g/mol. The Morgan fingerprint density at radius 2 is 2.05 bits per heavy atom. The SMILES string of the molecule is CCC(=O)CC[C@H](NC(=O)c1cccc(F)c1)C(=O)OC. The van der Waals surface area contributed by atoms with Crippen molar-refractivity contribution in [1.29, 1.82) is 0 Å². The van der Waals surface area contributed by atoms with Crippen LogP contribution in [0.15, 0.2) is 24.3 Å². The van der Waals surface area contributed by atoms with Gasteiger partial charge in [0.2, 0.25) is 0 Å². The van der Waals surface area contributed by atoms with Gasteiger partial charge in [-0.3, -0.25) is 9.59 Å². The van der Waals surface area contributed by atoms with Crippen molar-refractivity contribution in [3.8, 4) is 0 Å². The third kappa shape index (κ3) is 5.33. The van der Waals surface area contributed by atoms with Gasteiger partial charge < -0.3 is 10.1 Å². The highest BCUT2D eigenvalue weighted by atomic mass is 19.1. The minimum atomic E-state index is -0.929. The molecule has 21 heavy (non-hydrogen) atoms. The molecule has 0 bridgehead atoms. The second-order valence-electron chi connectivity index (χ2n) is 4.49. The molecule has 1 amide bonds. The number of hydrogen-bond acceptors (Lipinski definition) is 4. The number of nitrogens with one attached hydrogen (secondary N) is 1. The molecule has 1 aromatic rings. The van der Waals surface area contributed by atoms with E-state index >= 15 is 0 Å². The van der Waals surface area contributed by atoms with Crippen LogP contribution in [-0.2, 0) is 14.3 Å². The number of amides is 1. The predicted octanol–water partition coefficient (Wildman–Crippen LogP) is 1.86. The van der Waals surface area contributed by atoms with Crippen molar-refractivity contribution in [2.75, 3.05) is 7.11 Å². The van der Waals surface area contributed by atoms with E-state index in [2.05, 4.69) is 10.1 Å². The fraction of sp³-hybridized carbons (Fsp3) is 0.400. The van der Waals surface area contributed by atoms with E-state index in [0.717, 1.165) is 6.07 Å². The van der Waals surface area contributed by atoms with Gasteiger partial charge in [0.05, 0.1) is 7.11 Å². The molecule has 0 aromatic heterocycles. The molecule has 1 rings (SSSR count). The van der Waals surface area contributed by atoms with Crippen LogP contribution in [0.3, 0.4) is 0 Å². The number of esters is 1. The van der Waals surface area contributed by atoms with E-state index in [9.17, 15) is 18.8 Å². The standard InChI is InChI=1S/C15H18FNO4/c1-3-12(18)7-8-13(15(20)21-2)17-14(19)10-5-4-6-11(16)9-10/h4-6,9,13H,3,7-8H2,1-2H3,(H,17,19)/t13-/m0/s1. The van der Waals surface area contributed by atoms with Crippen molar-refractivity contribution in [2.24, 2.45) is 0 Å². The molecule has 0 aliphatic carbocycles.